The Morgan fingerprint density at radius 1 is 1.03 bits per heavy atom. The summed E-state index contributed by atoms with van der Waals surface area (Å²) in [5.74, 6) is 1.02. The second-order valence-electron chi connectivity index (χ2n) is 7.38. The van der Waals surface area contributed by atoms with Gasteiger partial charge in [-0.1, -0.05) is 74.0 Å². The molecule has 1 amide bonds. The fourth-order valence-corrected chi connectivity index (χ4v) is 3.50. The van der Waals surface area contributed by atoms with E-state index >= 15 is 0 Å². The van der Waals surface area contributed by atoms with Crippen molar-refractivity contribution in [2.75, 3.05) is 18.9 Å². The number of hydrogen-bond acceptors (Lipinski definition) is 3. The first-order valence-electron chi connectivity index (χ1n) is 9.74. The maximum Gasteiger partial charge on any atom is 0.254 e. The standard InChI is InChI=1S/C24H26ClN3O/c1-17(2)22(16-27-23-14-13-19(25)15-26-23)28(3)24(29)21-12-8-7-11-20(21)18-9-5-4-6-10-18/h4-15,17,22H,16H2,1-3H3,(H,26,27). The maximum absolute atomic E-state index is 13.4. The molecular formula is C24H26ClN3O. The van der Waals surface area contributed by atoms with Gasteiger partial charge in [-0.2, -0.15) is 0 Å². The van der Waals surface area contributed by atoms with Gasteiger partial charge in [0, 0.05) is 25.4 Å². The van der Waals surface area contributed by atoms with E-state index in [0.29, 0.717) is 17.1 Å². The minimum absolute atomic E-state index is 0.00353. The van der Waals surface area contributed by atoms with Crippen molar-refractivity contribution in [2.24, 2.45) is 5.92 Å². The number of pyridine rings is 1. The number of likely N-dealkylation sites (N-methyl/N-ethyl adjacent to an activating group) is 1. The van der Waals surface area contributed by atoms with Crippen LogP contribution in [0.25, 0.3) is 11.1 Å². The zero-order valence-corrected chi connectivity index (χ0v) is 17.7. The number of carbonyl (C=O) groups is 1. The Labute approximate surface area is 177 Å². The highest BCUT2D eigenvalue weighted by molar-refractivity contribution is 6.30. The second kappa shape index (κ2) is 9.57. The number of benzene rings is 2. The zero-order chi connectivity index (χ0) is 20.8. The highest BCUT2D eigenvalue weighted by Crippen LogP contribution is 2.25. The molecule has 0 spiro atoms. The molecule has 3 rings (SSSR count). The Bertz CT molecular complexity index is 942. The molecule has 1 N–H and O–H groups in total. The summed E-state index contributed by atoms with van der Waals surface area (Å²) in [5, 5.41) is 3.92. The lowest BCUT2D eigenvalue weighted by Crippen LogP contribution is -2.44. The van der Waals surface area contributed by atoms with Gasteiger partial charge >= 0.3 is 0 Å². The highest BCUT2D eigenvalue weighted by atomic mass is 35.5. The smallest absolute Gasteiger partial charge is 0.254 e. The molecule has 0 aliphatic rings. The molecule has 0 saturated carbocycles. The molecule has 150 valence electrons. The van der Waals surface area contributed by atoms with Crippen molar-refractivity contribution in [1.29, 1.82) is 0 Å². The maximum atomic E-state index is 13.4. The summed E-state index contributed by atoms with van der Waals surface area (Å²) in [6.45, 7) is 4.84. The van der Waals surface area contributed by atoms with E-state index in [4.69, 9.17) is 11.6 Å². The van der Waals surface area contributed by atoms with Crippen molar-refractivity contribution >= 4 is 23.3 Å². The van der Waals surface area contributed by atoms with Gasteiger partial charge in [0.05, 0.1) is 11.1 Å². The third kappa shape index (κ3) is 5.15. The molecule has 2 aromatic carbocycles. The molecule has 3 aromatic rings. The lowest BCUT2D eigenvalue weighted by Gasteiger charge is -2.32. The summed E-state index contributed by atoms with van der Waals surface area (Å²) < 4.78 is 0. The van der Waals surface area contributed by atoms with Crippen molar-refractivity contribution in [2.45, 2.75) is 19.9 Å². The number of rotatable bonds is 7. The van der Waals surface area contributed by atoms with E-state index in [-0.39, 0.29) is 17.9 Å². The topological polar surface area (TPSA) is 45.2 Å². The number of anilines is 1. The van der Waals surface area contributed by atoms with Crippen molar-refractivity contribution in [3.63, 3.8) is 0 Å². The summed E-state index contributed by atoms with van der Waals surface area (Å²) >= 11 is 5.91. The Morgan fingerprint density at radius 2 is 1.72 bits per heavy atom. The molecule has 0 fully saturated rings. The Kier molecular flexibility index (Phi) is 6.89. The fourth-order valence-electron chi connectivity index (χ4n) is 3.39. The first kappa shape index (κ1) is 20.9. The first-order valence-corrected chi connectivity index (χ1v) is 10.1. The molecule has 1 heterocycles. The molecule has 29 heavy (non-hydrogen) atoms. The fraction of sp³-hybridized carbons (Fsp3) is 0.250. The number of carbonyl (C=O) groups excluding carboxylic acids is 1. The third-order valence-electron chi connectivity index (χ3n) is 5.05. The monoisotopic (exact) mass is 407 g/mol. The molecule has 1 atom stereocenters. The van der Waals surface area contributed by atoms with Gasteiger partial charge in [0.25, 0.3) is 5.91 Å². The van der Waals surface area contributed by atoms with Crippen LogP contribution in [0.4, 0.5) is 5.82 Å². The Hall–Kier alpha value is -2.85. The summed E-state index contributed by atoms with van der Waals surface area (Å²) in [7, 11) is 1.87. The largest absolute Gasteiger partial charge is 0.368 e. The zero-order valence-electron chi connectivity index (χ0n) is 17.0. The van der Waals surface area contributed by atoms with Crippen molar-refractivity contribution in [1.82, 2.24) is 9.88 Å². The summed E-state index contributed by atoms with van der Waals surface area (Å²) in [4.78, 5) is 19.5. The molecule has 0 aliphatic heterocycles. The van der Waals surface area contributed by atoms with Crippen LogP contribution in [-0.4, -0.2) is 35.4 Å². The van der Waals surface area contributed by atoms with Crippen LogP contribution in [0.2, 0.25) is 5.02 Å². The molecule has 1 unspecified atom stereocenters. The predicted molar refractivity (Wildman–Crippen MR) is 120 cm³/mol. The van der Waals surface area contributed by atoms with Gasteiger partial charge in [-0.3, -0.25) is 4.79 Å². The molecule has 1 aromatic heterocycles. The third-order valence-corrected chi connectivity index (χ3v) is 5.27. The molecule has 0 radical (unpaired) electrons. The number of amides is 1. The summed E-state index contributed by atoms with van der Waals surface area (Å²) in [6.07, 6.45) is 1.61. The number of hydrogen-bond donors (Lipinski definition) is 1. The normalized spacial score (nSPS) is 11.9. The number of nitrogens with one attached hydrogen (secondary N) is 1. The van der Waals surface area contributed by atoms with E-state index in [1.807, 2.05) is 72.6 Å². The minimum Gasteiger partial charge on any atom is -0.368 e. The Balaban J connectivity index is 1.81. The SMILES string of the molecule is CC(C)C(CNc1ccc(Cl)cn1)N(C)C(=O)c1ccccc1-c1ccccc1. The highest BCUT2D eigenvalue weighted by Gasteiger charge is 2.25. The van der Waals surface area contributed by atoms with E-state index in [2.05, 4.69) is 24.1 Å². The van der Waals surface area contributed by atoms with Gasteiger partial charge in [0.15, 0.2) is 0 Å². The first-order chi connectivity index (χ1) is 14.0. The second-order valence-corrected chi connectivity index (χ2v) is 7.82. The van der Waals surface area contributed by atoms with Crippen LogP contribution >= 0.6 is 11.6 Å². The summed E-state index contributed by atoms with van der Waals surface area (Å²) in [6, 6.07) is 21.4. The number of aromatic nitrogens is 1. The number of halogens is 1. The van der Waals surface area contributed by atoms with Crippen LogP contribution in [0, 0.1) is 5.92 Å². The lowest BCUT2D eigenvalue weighted by atomic mass is 9.97. The minimum atomic E-state index is 0.00353. The van der Waals surface area contributed by atoms with Crippen molar-refractivity contribution in [3.05, 3.63) is 83.5 Å². The summed E-state index contributed by atoms with van der Waals surface area (Å²) in [5.41, 5.74) is 2.69. The molecule has 5 heteroatoms. The average molecular weight is 408 g/mol. The average Bonchev–Trinajstić information content (AvgIpc) is 2.75. The van der Waals surface area contributed by atoms with Gasteiger partial charge in [-0.05, 0) is 35.2 Å². The molecule has 4 nitrogen and oxygen atoms in total. The van der Waals surface area contributed by atoms with Crippen LogP contribution in [-0.2, 0) is 0 Å². The van der Waals surface area contributed by atoms with Gasteiger partial charge in [-0.25, -0.2) is 4.98 Å². The lowest BCUT2D eigenvalue weighted by molar-refractivity contribution is 0.0701. The van der Waals surface area contributed by atoms with E-state index in [1.165, 1.54) is 0 Å². The quantitative estimate of drug-likeness (QED) is 0.553. The van der Waals surface area contributed by atoms with E-state index < -0.39 is 0 Å². The van der Waals surface area contributed by atoms with Crippen LogP contribution in [0.1, 0.15) is 24.2 Å². The van der Waals surface area contributed by atoms with Crippen molar-refractivity contribution < 1.29 is 4.79 Å². The van der Waals surface area contributed by atoms with E-state index in [1.54, 1.807) is 12.3 Å². The van der Waals surface area contributed by atoms with Crippen LogP contribution < -0.4 is 5.32 Å². The molecule has 0 aliphatic carbocycles. The van der Waals surface area contributed by atoms with Gasteiger partial charge in [0.2, 0.25) is 0 Å². The molecular weight excluding hydrogens is 382 g/mol. The van der Waals surface area contributed by atoms with E-state index in [0.717, 1.165) is 16.9 Å². The number of nitrogens with zero attached hydrogens (tertiary/aromatic N) is 2. The van der Waals surface area contributed by atoms with Crippen LogP contribution in [0.3, 0.4) is 0 Å². The molecule has 0 saturated heterocycles. The van der Waals surface area contributed by atoms with Crippen LogP contribution in [0.15, 0.2) is 72.9 Å². The van der Waals surface area contributed by atoms with Gasteiger partial charge in [-0.15, -0.1) is 0 Å². The molecule has 0 bridgehead atoms. The predicted octanol–water partition coefficient (Wildman–Crippen LogP) is 5.61. The van der Waals surface area contributed by atoms with Gasteiger partial charge < -0.3 is 10.2 Å². The Morgan fingerprint density at radius 3 is 2.38 bits per heavy atom. The van der Waals surface area contributed by atoms with Crippen LogP contribution in [0.5, 0.6) is 0 Å². The van der Waals surface area contributed by atoms with Crippen molar-refractivity contribution in [3.8, 4) is 11.1 Å². The van der Waals surface area contributed by atoms with E-state index in [9.17, 15) is 4.79 Å². The van der Waals surface area contributed by atoms with Gasteiger partial charge in [0.1, 0.15) is 5.82 Å².